The maximum atomic E-state index is 11.3. The molecule has 0 aromatic heterocycles. The number of nitrogens with one attached hydrogen (secondary N) is 2. The van der Waals surface area contributed by atoms with Gasteiger partial charge in [-0.05, 0) is 25.5 Å². The fourth-order valence-corrected chi connectivity index (χ4v) is 4.09. The van der Waals surface area contributed by atoms with Gasteiger partial charge in [-0.2, -0.15) is 11.8 Å². The van der Waals surface area contributed by atoms with E-state index >= 15 is 0 Å². The summed E-state index contributed by atoms with van der Waals surface area (Å²) in [6.07, 6.45) is 5.97. The molecular formula is C16H31N5OS. The Balaban J connectivity index is 1.62. The maximum absolute atomic E-state index is 11.3. The Kier molecular flexibility index (Phi) is 7.49. The van der Waals surface area contributed by atoms with Crippen LogP contribution >= 0.6 is 11.8 Å². The van der Waals surface area contributed by atoms with Crippen molar-refractivity contribution in [3.8, 4) is 0 Å². The van der Waals surface area contributed by atoms with Gasteiger partial charge in [-0.3, -0.25) is 14.7 Å². The molecule has 2 unspecified atom stereocenters. The number of thioether (sulfide) groups is 1. The van der Waals surface area contributed by atoms with E-state index in [0.29, 0.717) is 6.04 Å². The van der Waals surface area contributed by atoms with Gasteiger partial charge in [0.15, 0.2) is 5.96 Å². The second-order valence-corrected chi connectivity index (χ2v) is 7.50. The van der Waals surface area contributed by atoms with Gasteiger partial charge in [0.25, 0.3) is 0 Å². The third-order valence-corrected chi connectivity index (χ3v) is 5.92. The summed E-state index contributed by atoms with van der Waals surface area (Å²) < 4.78 is 0. The average molecular weight is 342 g/mol. The lowest BCUT2D eigenvalue weighted by atomic mass is 10.2. The van der Waals surface area contributed by atoms with Gasteiger partial charge in [0.05, 0.1) is 0 Å². The van der Waals surface area contributed by atoms with Gasteiger partial charge in [0.1, 0.15) is 0 Å². The molecule has 1 saturated carbocycles. The average Bonchev–Trinajstić information content (AvgIpc) is 3.02. The van der Waals surface area contributed by atoms with E-state index in [-0.39, 0.29) is 5.91 Å². The van der Waals surface area contributed by atoms with Crippen LogP contribution in [0.2, 0.25) is 0 Å². The van der Waals surface area contributed by atoms with Crippen LogP contribution in [0.3, 0.4) is 0 Å². The molecule has 0 aromatic rings. The Morgan fingerprint density at radius 2 is 2.00 bits per heavy atom. The minimum Gasteiger partial charge on any atom is -0.355 e. The maximum Gasteiger partial charge on any atom is 0.219 e. The number of guanidine groups is 1. The smallest absolute Gasteiger partial charge is 0.219 e. The lowest BCUT2D eigenvalue weighted by molar-refractivity contribution is -0.130. The van der Waals surface area contributed by atoms with Gasteiger partial charge in [-0.1, -0.05) is 0 Å². The van der Waals surface area contributed by atoms with Crippen LogP contribution in [0.15, 0.2) is 4.99 Å². The molecule has 2 aliphatic rings. The number of piperazine rings is 1. The summed E-state index contributed by atoms with van der Waals surface area (Å²) in [6.45, 7) is 7.15. The molecule has 1 saturated heterocycles. The van der Waals surface area contributed by atoms with Gasteiger partial charge in [-0.25, -0.2) is 0 Å². The number of rotatable bonds is 5. The van der Waals surface area contributed by atoms with Crippen molar-refractivity contribution >= 4 is 23.6 Å². The molecule has 0 spiro atoms. The van der Waals surface area contributed by atoms with E-state index in [4.69, 9.17) is 0 Å². The van der Waals surface area contributed by atoms with E-state index in [1.165, 1.54) is 19.3 Å². The van der Waals surface area contributed by atoms with Crippen LogP contribution in [0.1, 0.15) is 26.2 Å². The van der Waals surface area contributed by atoms with Gasteiger partial charge in [0.2, 0.25) is 5.91 Å². The number of carbonyl (C=O) groups is 1. The molecule has 132 valence electrons. The molecule has 1 aliphatic carbocycles. The molecule has 2 N–H and O–H groups in total. The van der Waals surface area contributed by atoms with E-state index < -0.39 is 0 Å². The first-order valence-corrected chi connectivity index (χ1v) is 9.89. The standard InChI is InChI=1S/C16H31N5OS/c1-13(22)21-10-8-20(9-11-21)7-6-18-16(17-2)19-14-4-5-15(12-14)23-3/h14-15H,4-12H2,1-3H3,(H2,17,18,19). The first kappa shape index (κ1) is 18.4. The number of nitrogens with zero attached hydrogens (tertiary/aromatic N) is 3. The topological polar surface area (TPSA) is 60.0 Å². The van der Waals surface area contributed by atoms with Crippen molar-refractivity contribution in [2.45, 2.75) is 37.5 Å². The molecule has 2 fully saturated rings. The van der Waals surface area contributed by atoms with Gasteiger partial charge < -0.3 is 15.5 Å². The van der Waals surface area contributed by atoms with Gasteiger partial charge in [-0.15, -0.1) is 0 Å². The quantitative estimate of drug-likeness (QED) is 0.566. The third-order valence-electron chi connectivity index (χ3n) is 4.82. The number of carbonyl (C=O) groups excluding carboxylic acids is 1. The van der Waals surface area contributed by atoms with Gasteiger partial charge in [0, 0.05) is 64.5 Å². The summed E-state index contributed by atoms with van der Waals surface area (Å²) in [5, 5.41) is 7.76. The second-order valence-electron chi connectivity index (χ2n) is 6.36. The molecule has 0 radical (unpaired) electrons. The fraction of sp³-hybridized carbons (Fsp3) is 0.875. The zero-order valence-electron chi connectivity index (χ0n) is 14.7. The van der Waals surface area contributed by atoms with E-state index in [2.05, 4.69) is 26.8 Å². The Labute approximate surface area is 144 Å². The van der Waals surface area contributed by atoms with Crippen LogP contribution < -0.4 is 10.6 Å². The third kappa shape index (κ3) is 5.88. The monoisotopic (exact) mass is 341 g/mol. The molecule has 2 rings (SSSR count). The van der Waals surface area contributed by atoms with Crippen molar-refractivity contribution in [1.82, 2.24) is 20.4 Å². The Bertz CT molecular complexity index is 409. The SMILES string of the molecule is CN=C(NCCN1CCN(C(C)=O)CC1)NC1CCC(SC)C1. The van der Waals surface area contributed by atoms with Crippen LogP contribution in [0, 0.1) is 0 Å². The van der Waals surface area contributed by atoms with Crippen molar-refractivity contribution in [1.29, 1.82) is 0 Å². The molecule has 23 heavy (non-hydrogen) atoms. The van der Waals surface area contributed by atoms with Crippen molar-refractivity contribution in [3.63, 3.8) is 0 Å². The predicted molar refractivity (Wildman–Crippen MR) is 98.1 cm³/mol. The van der Waals surface area contributed by atoms with Gasteiger partial charge >= 0.3 is 0 Å². The first-order chi connectivity index (χ1) is 11.1. The van der Waals surface area contributed by atoms with Crippen LogP contribution in [-0.4, -0.2) is 85.5 Å². The Hall–Kier alpha value is -0.950. The summed E-state index contributed by atoms with van der Waals surface area (Å²) in [7, 11) is 1.84. The highest BCUT2D eigenvalue weighted by molar-refractivity contribution is 7.99. The number of hydrogen-bond acceptors (Lipinski definition) is 4. The summed E-state index contributed by atoms with van der Waals surface area (Å²) in [4.78, 5) is 20.0. The minimum atomic E-state index is 0.187. The van der Waals surface area contributed by atoms with Crippen LogP contribution in [-0.2, 0) is 4.79 Å². The Morgan fingerprint density at radius 3 is 2.57 bits per heavy atom. The number of aliphatic imine (C=N–C) groups is 1. The predicted octanol–water partition coefficient (Wildman–Crippen LogP) is 0.600. The zero-order chi connectivity index (χ0) is 16.7. The summed E-state index contributed by atoms with van der Waals surface area (Å²) in [5.41, 5.74) is 0. The molecular weight excluding hydrogens is 310 g/mol. The van der Waals surface area contributed by atoms with Crippen LogP contribution in [0.5, 0.6) is 0 Å². The lowest BCUT2D eigenvalue weighted by Crippen LogP contribution is -2.50. The van der Waals surface area contributed by atoms with E-state index in [9.17, 15) is 4.79 Å². The summed E-state index contributed by atoms with van der Waals surface area (Å²) >= 11 is 1.97. The minimum absolute atomic E-state index is 0.187. The first-order valence-electron chi connectivity index (χ1n) is 8.60. The molecule has 1 amide bonds. The van der Waals surface area contributed by atoms with Crippen molar-refractivity contribution in [3.05, 3.63) is 0 Å². The molecule has 0 bridgehead atoms. The highest BCUT2D eigenvalue weighted by atomic mass is 32.2. The Morgan fingerprint density at radius 1 is 1.26 bits per heavy atom. The second kappa shape index (κ2) is 9.37. The van der Waals surface area contributed by atoms with Crippen molar-refractivity contribution in [2.75, 3.05) is 52.6 Å². The molecule has 1 heterocycles. The molecule has 0 aromatic carbocycles. The van der Waals surface area contributed by atoms with E-state index in [1.54, 1.807) is 6.92 Å². The van der Waals surface area contributed by atoms with E-state index in [0.717, 1.165) is 50.5 Å². The van der Waals surface area contributed by atoms with Crippen molar-refractivity contribution in [2.24, 2.45) is 4.99 Å². The highest BCUT2D eigenvalue weighted by Gasteiger charge is 2.24. The summed E-state index contributed by atoms with van der Waals surface area (Å²) in [5.74, 6) is 1.10. The van der Waals surface area contributed by atoms with Crippen molar-refractivity contribution < 1.29 is 4.79 Å². The molecule has 7 heteroatoms. The molecule has 6 nitrogen and oxygen atoms in total. The highest BCUT2D eigenvalue weighted by Crippen LogP contribution is 2.27. The largest absolute Gasteiger partial charge is 0.355 e. The molecule has 1 aliphatic heterocycles. The summed E-state index contributed by atoms with van der Waals surface area (Å²) in [6, 6.07) is 0.553. The molecule has 2 atom stereocenters. The normalized spacial score (nSPS) is 26.4. The fourth-order valence-electron chi connectivity index (χ4n) is 3.29. The van der Waals surface area contributed by atoms with Crippen LogP contribution in [0.4, 0.5) is 0 Å². The zero-order valence-corrected chi connectivity index (χ0v) is 15.5. The number of hydrogen-bond donors (Lipinski definition) is 2. The number of amides is 1. The van der Waals surface area contributed by atoms with Crippen LogP contribution in [0.25, 0.3) is 0 Å². The van der Waals surface area contributed by atoms with E-state index in [1.807, 2.05) is 23.7 Å². The lowest BCUT2D eigenvalue weighted by Gasteiger charge is -2.34.